The van der Waals surface area contributed by atoms with E-state index in [0.717, 1.165) is 0 Å². The summed E-state index contributed by atoms with van der Waals surface area (Å²) in [6.45, 7) is 1.63. The van der Waals surface area contributed by atoms with Crippen LogP contribution in [0.15, 0.2) is 18.3 Å². The number of nitrogens with zero attached hydrogens (tertiary/aromatic N) is 4. The predicted molar refractivity (Wildman–Crippen MR) is 98.5 cm³/mol. The van der Waals surface area contributed by atoms with Gasteiger partial charge in [0.2, 0.25) is 0 Å². The molecule has 1 aromatic heterocycles. The van der Waals surface area contributed by atoms with Gasteiger partial charge in [-0.05, 0) is 19.2 Å². The van der Waals surface area contributed by atoms with E-state index in [-0.39, 0.29) is 18.2 Å². The van der Waals surface area contributed by atoms with Crippen molar-refractivity contribution >= 4 is 34.2 Å². The van der Waals surface area contributed by atoms with Crippen LogP contribution in [0.25, 0.3) is 10.9 Å². The molecule has 1 aromatic carbocycles. The summed E-state index contributed by atoms with van der Waals surface area (Å²) in [5, 5.41) is 19.1. The van der Waals surface area contributed by atoms with Gasteiger partial charge in [0.15, 0.2) is 0 Å². The third kappa shape index (κ3) is 4.11. The van der Waals surface area contributed by atoms with Crippen LogP contribution < -0.4 is 4.90 Å². The molecule has 1 aliphatic rings. The highest BCUT2D eigenvalue weighted by Gasteiger charge is 2.27. The van der Waals surface area contributed by atoms with Gasteiger partial charge in [-0.25, -0.2) is 4.39 Å². The van der Waals surface area contributed by atoms with Crippen molar-refractivity contribution in [2.75, 3.05) is 44.7 Å². The number of rotatable bonds is 5. The number of ether oxygens (including phenoxy) is 1. The Hall–Kier alpha value is -2.47. The standard InChI is InChI=1S/C18H18ClFN4O3/c1-23(10-15(25)26)8-12-9-24(4-5-27-12)18-11(6-21)7-22-17-14(20)3-2-13(19)16(17)18/h2-3,7,12H,4-5,8-10H2,1H3,(H,25,26). The smallest absolute Gasteiger partial charge is 0.317 e. The van der Waals surface area contributed by atoms with Crippen molar-refractivity contribution in [3.8, 4) is 6.07 Å². The second kappa shape index (κ2) is 8.05. The Labute approximate surface area is 160 Å². The maximum absolute atomic E-state index is 14.2. The quantitative estimate of drug-likeness (QED) is 0.833. The zero-order valence-electron chi connectivity index (χ0n) is 14.7. The van der Waals surface area contributed by atoms with Gasteiger partial charge >= 0.3 is 5.97 Å². The van der Waals surface area contributed by atoms with Gasteiger partial charge in [-0.3, -0.25) is 14.7 Å². The third-order valence-electron chi connectivity index (χ3n) is 4.39. The van der Waals surface area contributed by atoms with E-state index in [2.05, 4.69) is 11.1 Å². The van der Waals surface area contributed by atoms with E-state index in [1.165, 1.54) is 18.3 Å². The Morgan fingerprint density at radius 2 is 2.37 bits per heavy atom. The van der Waals surface area contributed by atoms with E-state index in [1.54, 1.807) is 11.9 Å². The Morgan fingerprint density at radius 1 is 1.59 bits per heavy atom. The lowest BCUT2D eigenvalue weighted by atomic mass is 10.1. The van der Waals surface area contributed by atoms with Gasteiger partial charge in [-0.1, -0.05) is 11.6 Å². The number of likely N-dealkylation sites (N-methyl/N-ethyl adjacent to an activating group) is 1. The van der Waals surface area contributed by atoms with Crippen LogP contribution in [0.1, 0.15) is 5.56 Å². The van der Waals surface area contributed by atoms with Crippen LogP contribution in [0.3, 0.4) is 0 Å². The number of halogens is 2. The fourth-order valence-corrected chi connectivity index (χ4v) is 3.55. The number of benzene rings is 1. The average molecular weight is 393 g/mol. The van der Waals surface area contributed by atoms with Crippen LogP contribution in [0, 0.1) is 17.1 Å². The number of fused-ring (bicyclic) bond motifs is 1. The summed E-state index contributed by atoms with van der Waals surface area (Å²) >= 11 is 6.31. The van der Waals surface area contributed by atoms with Gasteiger partial charge in [0.25, 0.3) is 0 Å². The highest BCUT2D eigenvalue weighted by molar-refractivity contribution is 6.36. The lowest BCUT2D eigenvalue weighted by Gasteiger charge is -2.36. The Morgan fingerprint density at radius 3 is 3.07 bits per heavy atom. The summed E-state index contributed by atoms with van der Waals surface area (Å²) in [5.74, 6) is -1.43. The summed E-state index contributed by atoms with van der Waals surface area (Å²) in [6.07, 6.45) is 1.09. The molecule has 1 fully saturated rings. The van der Waals surface area contributed by atoms with Crippen LogP contribution >= 0.6 is 11.6 Å². The Bertz CT molecular complexity index is 918. The van der Waals surface area contributed by atoms with Crippen LogP contribution in [-0.2, 0) is 9.53 Å². The summed E-state index contributed by atoms with van der Waals surface area (Å²) in [6, 6.07) is 4.79. The zero-order chi connectivity index (χ0) is 19.6. The lowest BCUT2D eigenvalue weighted by Crippen LogP contribution is -2.48. The van der Waals surface area contributed by atoms with Crippen molar-refractivity contribution in [1.29, 1.82) is 5.26 Å². The molecule has 27 heavy (non-hydrogen) atoms. The molecule has 1 unspecified atom stereocenters. The van der Waals surface area contributed by atoms with Gasteiger partial charge in [-0.2, -0.15) is 5.26 Å². The molecule has 2 heterocycles. The van der Waals surface area contributed by atoms with Crippen molar-refractivity contribution in [2.45, 2.75) is 6.10 Å². The van der Waals surface area contributed by atoms with E-state index in [1.807, 2.05) is 4.90 Å². The molecule has 7 nitrogen and oxygen atoms in total. The fourth-order valence-electron chi connectivity index (χ4n) is 3.30. The fraction of sp³-hybridized carbons (Fsp3) is 0.389. The first-order chi connectivity index (χ1) is 12.9. The van der Waals surface area contributed by atoms with Crippen molar-refractivity contribution < 1.29 is 19.0 Å². The molecule has 142 valence electrons. The molecule has 1 saturated heterocycles. The number of carboxylic acids is 1. The molecule has 1 atom stereocenters. The third-order valence-corrected chi connectivity index (χ3v) is 4.70. The summed E-state index contributed by atoms with van der Waals surface area (Å²) in [4.78, 5) is 18.5. The summed E-state index contributed by atoms with van der Waals surface area (Å²) in [7, 11) is 1.70. The first-order valence-corrected chi connectivity index (χ1v) is 8.72. The molecule has 0 spiro atoms. The topological polar surface area (TPSA) is 89.7 Å². The molecule has 9 heteroatoms. The number of aliphatic carboxylic acids is 1. The molecule has 1 N–H and O–H groups in total. The minimum atomic E-state index is -0.917. The van der Waals surface area contributed by atoms with Crippen LogP contribution in [0.4, 0.5) is 10.1 Å². The SMILES string of the molecule is CN(CC(=O)O)CC1CN(c2c(C#N)cnc3c(F)ccc(Cl)c23)CCO1. The second-order valence-corrected chi connectivity index (χ2v) is 6.82. The van der Waals surface area contributed by atoms with Gasteiger partial charge in [-0.15, -0.1) is 0 Å². The number of hydrogen-bond donors (Lipinski definition) is 1. The van der Waals surface area contributed by atoms with E-state index >= 15 is 0 Å². The number of aromatic nitrogens is 1. The zero-order valence-corrected chi connectivity index (χ0v) is 15.4. The minimum absolute atomic E-state index is 0.0987. The Balaban J connectivity index is 1.95. The molecule has 2 aromatic rings. The number of morpholine rings is 1. The van der Waals surface area contributed by atoms with E-state index in [9.17, 15) is 14.4 Å². The highest BCUT2D eigenvalue weighted by Crippen LogP contribution is 2.36. The normalized spacial score (nSPS) is 17.3. The lowest BCUT2D eigenvalue weighted by molar-refractivity contribution is -0.138. The Kier molecular flexibility index (Phi) is 5.75. The maximum Gasteiger partial charge on any atom is 0.317 e. The van der Waals surface area contributed by atoms with Crippen molar-refractivity contribution in [3.05, 3.63) is 34.7 Å². The van der Waals surface area contributed by atoms with Gasteiger partial charge in [0, 0.05) is 31.2 Å². The molecule has 0 amide bonds. The molecule has 0 bridgehead atoms. The number of anilines is 1. The van der Waals surface area contributed by atoms with Gasteiger partial charge < -0.3 is 14.7 Å². The molecular weight excluding hydrogens is 375 g/mol. The number of hydrogen-bond acceptors (Lipinski definition) is 6. The molecule has 3 rings (SSSR count). The van der Waals surface area contributed by atoms with Gasteiger partial charge in [0.1, 0.15) is 17.4 Å². The molecule has 1 aliphatic heterocycles. The van der Waals surface area contributed by atoms with Crippen LogP contribution in [0.2, 0.25) is 5.02 Å². The van der Waals surface area contributed by atoms with E-state index < -0.39 is 11.8 Å². The van der Waals surface area contributed by atoms with Gasteiger partial charge in [0.05, 0.1) is 35.5 Å². The predicted octanol–water partition coefficient (Wildman–Crippen LogP) is 2.12. The summed E-state index contributed by atoms with van der Waals surface area (Å²) < 4.78 is 19.9. The largest absolute Gasteiger partial charge is 0.480 e. The number of pyridine rings is 1. The highest BCUT2D eigenvalue weighted by atomic mass is 35.5. The number of carbonyl (C=O) groups is 1. The molecular formula is C18H18ClFN4O3. The van der Waals surface area contributed by atoms with Crippen molar-refractivity contribution in [1.82, 2.24) is 9.88 Å². The van der Waals surface area contributed by atoms with Crippen molar-refractivity contribution in [2.24, 2.45) is 0 Å². The molecule has 0 radical (unpaired) electrons. The number of nitriles is 1. The van der Waals surface area contributed by atoms with Crippen molar-refractivity contribution in [3.63, 3.8) is 0 Å². The second-order valence-electron chi connectivity index (χ2n) is 6.41. The van der Waals surface area contributed by atoms with Crippen LogP contribution in [-0.4, -0.2) is 66.9 Å². The maximum atomic E-state index is 14.2. The van der Waals surface area contributed by atoms with E-state index in [0.29, 0.717) is 47.9 Å². The van der Waals surface area contributed by atoms with E-state index in [4.69, 9.17) is 21.4 Å². The summed E-state index contributed by atoms with van der Waals surface area (Å²) in [5.41, 5.74) is 0.943. The molecule has 0 aliphatic carbocycles. The minimum Gasteiger partial charge on any atom is -0.480 e. The average Bonchev–Trinajstić information content (AvgIpc) is 2.63. The number of carboxylic acid groups (broad SMARTS) is 1. The van der Waals surface area contributed by atoms with Crippen LogP contribution in [0.5, 0.6) is 0 Å². The monoisotopic (exact) mass is 392 g/mol. The first-order valence-electron chi connectivity index (χ1n) is 8.34. The molecule has 0 saturated carbocycles. The first kappa shape index (κ1) is 19.3.